The molecule has 2 aliphatic carbocycles. The van der Waals surface area contributed by atoms with E-state index in [0.29, 0.717) is 21.4 Å². The van der Waals surface area contributed by atoms with Crippen molar-refractivity contribution in [2.75, 3.05) is 14.1 Å². The standard InChI is InChI=1S/C22H22N2O7.ClH/c1-8-9-5-4-6-12(25)13(9)17(26)14-10(8)7-11-16(24(2)3)18(27)15(21(23)30)20(29)22(11,31)19(14)28;/h4-6,11,16,25-26,29,31H,7H2,1-3H3,(H2,23,30);1H/t11-,16-,22-;/m0./s1. The number of ketones is 2. The fourth-order valence-corrected chi connectivity index (χ4v) is 5.14. The number of nitrogens with one attached hydrogen (secondary N) is 1. The van der Waals surface area contributed by atoms with Crippen molar-refractivity contribution in [2.45, 2.75) is 25.0 Å². The first-order valence-corrected chi connectivity index (χ1v) is 9.75. The summed E-state index contributed by atoms with van der Waals surface area (Å²) in [5.74, 6) is -6.05. The molecule has 2 aromatic rings. The number of nitrogens with two attached hydrogens (primary N) is 1. The highest BCUT2D eigenvalue weighted by molar-refractivity contribution is 6.24. The van der Waals surface area contributed by atoms with Crippen LogP contribution in [-0.2, 0) is 16.0 Å². The number of phenols is 2. The Balaban J connectivity index is 0.00000289. The topological polar surface area (TPSA) is 163 Å². The number of hydrogen-bond acceptors (Lipinski definition) is 7. The van der Waals surface area contributed by atoms with E-state index < -0.39 is 52.1 Å². The van der Waals surface area contributed by atoms with E-state index >= 15 is 0 Å². The molecule has 0 saturated carbocycles. The molecular weight excluding hydrogens is 440 g/mol. The molecule has 9 nitrogen and oxygen atoms in total. The number of likely N-dealkylation sites (N-methyl/N-ethyl adjacent to an activating group) is 1. The molecule has 10 heteroatoms. The molecule has 0 aromatic heterocycles. The van der Waals surface area contributed by atoms with Gasteiger partial charge in [-0.3, -0.25) is 14.4 Å². The van der Waals surface area contributed by atoms with Crippen LogP contribution in [0.1, 0.15) is 21.5 Å². The smallest absolute Gasteiger partial charge is 0.256 e. The summed E-state index contributed by atoms with van der Waals surface area (Å²) < 4.78 is 0. The van der Waals surface area contributed by atoms with Crippen LogP contribution in [0.4, 0.5) is 0 Å². The fourth-order valence-electron chi connectivity index (χ4n) is 5.14. The van der Waals surface area contributed by atoms with Gasteiger partial charge in [-0.25, -0.2) is 0 Å². The van der Waals surface area contributed by atoms with E-state index in [9.17, 15) is 34.8 Å². The van der Waals surface area contributed by atoms with Gasteiger partial charge in [0.25, 0.3) is 5.91 Å². The third-order valence-electron chi connectivity index (χ3n) is 6.61. The number of halogens is 1. The van der Waals surface area contributed by atoms with Crippen molar-refractivity contribution in [3.05, 3.63) is 46.2 Å². The summed E-state index contributed by atoms with van der Waals surface area (Å²) in [6.45, 7) is 1.71. The maximum Gasteiger partial charge on any atom is 0.256 e. The number of quaternary nitrogens is 1. The lowest BCUT2D eigenvalue weighted by atomic mass is 9.61. The lowest BCUT2D eigenvalue weighted by Gasteiger charge is -2.45. The van der Waals surface area contributed by atoms with Crippen molar-refractivity contribution in [3.63, 3.8) is 0 Å². The van der Waals surface area contributed by atoms with Crippen molar-refractivity contribution in [1.29, 1.82) is 0 Å². The van der Waals surface area contributed by atoms with Gasteiger partial charge in [-0.15, -0.1) is 0 Å². The first-order chi connectivity index (χ1) is 14.4. The summed E-state index contributed by atoms with van der Waals surface area (Å²) in [5, 5.41) is 44.0. The first kappa shape index (κ1) is 23.5. The number of primary amides is 1. The number of fused-ring (bicyclic) bond motifs is 3. The van der Waals surface area contributed by atoms with Gasteiger partial charge in [0.1, 0.15) is 22.8 Å². The summed E-state index contributed by atoms with van der Waals surface area (Å²) in [4.78, 5) is 39.1. The van der Waals surface area contributed by atoms with Gasteiger partial charge in [0.15, 0.2) is 11.6 Å². The molecule has 0 fully saturated rings. The van der Waals surface area contributed by atoms with E-state index in [1.165, 1.54) is 6.07 Å². The number of aryl methyl sites for hydroxylation is 1. The monoisotopic (exact) mass is 462 g/mol. The number of aliphatic hydroxyl groups excluding tert-OH is 1. The number of amides is 1. The number of benzene rings is 2. The second-order valence-corrected chi connectivity index (χ2v) is 8.44. The number of phenolic OH excluding ortho intramolecular Hbond substituents is 2. The van der Waals surface area contributed by atoms with E-state index in [0.717, 1.165) is 0 Å². The second-order valence-electron chi connectivity index (χ2n) is 8.44. The van der Waals surface area contributed by atoms with Crippen molar-refractivity contribution >= 4 is 28.2 Å². The van der Waals surface area contributed by atoms with Crippen molar-refractivity contribution in [2.24, 2.45) is 11.7 Å². The zero-order valence-corrected chi connectivity index (χ0v) is 18.3. The lowest BCUT2D eigenvalue weighted by Crippen LogP contribution is -3.13. The van der Waals surface area contributed by atoms with Crippen LogP contribution < -0.4 is 23.0 Å². The maximum atomic E-state index is 13.6. The van der Waals surface area contributed by atoms with Crippen LogP contribution in [0.5, 0.6) is 11.5 Å². The minimum absolute atomic E-state index is 0. The second kappa shape index (κ2) is 7.47. The van der Waals surface area contributed by atoms with Crippen LogP contribution in [0.25, 0.3) is 10.8 Å². The Morgan fingerprint density at radius 2 is 1.81 bits per heavy atom. The average Bonchev–Trinajstić information content (AvgIpc) is 2.68. The number of carbonyl (C=O) groups is 3. The summed E-state index contributed by atoms with van der Waals surface area (Å²) in [6.07, 6.45) is -0.0275. The van der Waals surface area contributed by atoms with Crippen LogP contribution >= 0.6 is 0 Å². The van der Waals surface area contributed by atoms with Crippen LogP contribution in [0, 0.1) is 12.8 Å². The van der Waals surface area contributed by atoms with Crippen LogP contribution in [0.2, 0.25) is 0 Å². The Bertz CT molecular complexity index is 1240. The minimum atomic E-state index is -2.63. The number of aromatic hydroxyl groups is 2. The fraction of sp³-hybridized carbons (Fsp3) is 0.318. The summed E-state index contributed by atoms with van der Waals surface area (Å²) in [7, 11) is 3.26. The van der Waals surface area contributed by atoms with Crippen LogP contribution in [-0.4, -0.2) is 63.6 Å². The van der Waals surface area contributed by atoms with E-state index in [2.05, 4.69) is 0 Å². The zero-order valence-electron chi connectivity index (χ0n) is 17.6. The number of hydrogen-bond donors (Lipinski definition) is 6. The molecule has 4 rings (SSSR count). The van der Waals surface area contributed by atoms with E-state index in [1.807, 2.05) is 0 Å². The molecule has 0 radical (unpaired) electrons. The third-order valence-corrected chi connectivity index (χ3v) is 6.61. The Labute approximate surface area is 189 Å². The van der Waals surface area contributed by atoms with E-state index in [1.54, 1.807) is 33.2 Å². The van der Waals surface area contributed by atoms with E-state index in [4.69, 9.17) is 5.73 Å². The van der Waals surface area contributed by atoms with Crippen molar-refractivity contribution < 1.29 is 52.1 Å². The van der Waals surface area contributed by atoms with Gasteiger partial charge in [-0.2, -0.15) is 0 Å². The molecule has 0 saturated heterocycles. The highest BCUT2D eigenvalue weighted by Crippen LogP contribution is 2.49. The van der Waals surface area contributed by atoms with Gasteiger partial charge in [0, 0.05) is 0 Å². The Morgan fingerprint density at radius 3 is 2.38 bits per heavy atom. The lowest BCUT2D eigenvalue weighted by molar-refractivity contribution is -0.880. The first-order valence-electron chi connectivity index (χ1n) is 9.75. The molecule has 0 unspecified atom stereocenters. The molecule has 0 bridgehead atoms. The highest BCUT2D eigenvalue weighted by atomic mass is 35.5. The molecule has 2 aromatic carbocycles. The van der Waals surface area contributed by atoms with Crippen molar-refractivity contribution in [3.8, 4) is 11.5 Å². The van der Waals surface area contributed by atoms with Crippen LogP contribution in [0.3, 0.4) is 0 Å². The molecule has 1 amide bonds. The Hall–Kier alpha value is -3.14. The van der Waals surface area contributed by atoms with Gasteiger partial charge >= 0.3 is 0 Å². The molecule has 2 aliphatic rings. The summed E-state index contributed by atoms with van der Waals surface area (Å²) >= 11 is 0. The molecule has 7 N–H and O–H groups in total. The van der Waals surface area contributed by atoms with Gasteiger partial charge in [0.2, 0.25) is 11.6 Å². The Kier molecular flexibility index (Phi) is 5.49. The molecule has 0 aliphatic heterocycles. The summed E-state index contributed by atoms with van der Waals surface area (Å²) in [5.41, 5.74) is 2.58. The number of aliphatic hydroxyl groups is 2. The van der Waals surface area contributed by atoms with Crippen molar-refractivity contribution in [1.82, 2.24) is 0 Å². The predicted octanol–water partition coefficient (Wildman–Crippen LogP) is -3.96. The molecule has 0 spiro atoms. The summed E-state index contributed by atoms with van der Waals surface area (Å²) in [6, 6.07) is 3.59. The number of Topliss-reactive ketones (excluding diaryl/α,β-unsaturated/α-hetero) is 2. The molecule has 32 heavy (non-hydrogen) atoms. The normalized spacial score (nSPS) is 24.9. The third kappa shape index (κ3) is 2.75. The largest absolute Gasteiger partial charge is 1.00 e. The van der Waals surface area contributed by atoms with Gasteiger partial charge in [-0.1, -0.05) is 12.1 Å². The van der Waals surface area contributed by atoms with Gasteiger partial charge in [0.05, 0.1) is 31.0 Å². The SMILES string of the molecule is Cc1c2c(c(O)c3c(O)cccc13)C(=O)[C@]1(O)C(O)=C(C(N)=O)C(=O)[C@@H]([NH+](C)C)[C@@H]1C2.[Cl-]. The predicted molar refractivity (Wildman–Crippen MR) is 109 cm³/mol. The van der Waals surface area contributed by atoms with E-state index in [-0.39, 0.29) is 35.5 Å². The molecule has 3 atom stereocenters. The van der Waals surface area contributed by atoms with Crippen LogP contribution in [0.15, 0.2) is 29.5 Å². The zero-order chi connectivity index (χ0) is 23.0. The maximum absolute atomic E-state index is 13.6. The highest BCUT2D eigenvalue weighted by Gasteiger charge is 2.64. The van der Waals surface area contributed by atoms with Gasteiger partial charge < -0.3 is 43.5 Å². The quantitative estimate of drug-likeness (QED) is 0.248. The number of carbonyl (C=O) groups excluding carboxylic acids is 3. The molecule has 170 valence electrons. The Morgan fingerprint density at radius 1 is 1.19 bits per heavy atom. The molecule has 0 heterocycles. The average molecular weight is 463 g/mol. The van der Waals surface area contributed by atoms with Gasteiger partial charge in [-0.05, 0) is 35.9 Å². The number of rotatable bonds is 2. The minimum Gasteiger partial charge on any atom is -1.00 e. The molecular formula is C22H23ClN2O7.